The second kappa shape index (κ2) is 12.3. The maximum absolute atomic E-state index is 6.28. The van der Waals surface area contributed by atoms with Gasteiger partial charge in [-0.3, -0.25) is 5.41 Å². The molecule has 3 aromatic carbocycles. The zero-order valence-electron chi connectivity index (χ0n) is 19.8. The molecular formula is C27H31BrN4O2. The maximum Gasteiger partial charge on any atom is 0.229 e. The van der Waals surface area contributed by atoms with Gasteiger partial charge in [0.25, 0.3) is 0 Å². The lowest BCUT2D eigenvalue weighted by Crippen LogP contribution is -2.00. The Bertz CT molecular complexity index is 1230. The number of nitrogens with zero attached hydrogens (tertiary/aromatic N) is 2. The van der Waals surface area contributed by atoms with Crippen molar-refractivity contribution in [2.24, 2.45) is 5.73 Å². The topological polar surface area (TPSA) is 98.0 Å². The molecule has 6 nitrogen and oxygen atoms in total. The number of amidine groups is 1. The van der Waals surface area contributed by atoms with E-state index in [1.807, 2.05) is 24.3 Å². The SMILES string of the molecule is CC(=N)N.CCCC[C@H](C)c1nc(-c2ccc3cc(OCc4cccc(Br)c4)ccc3c2)no1. The average Bonchev–Trinajstić information content (AvgIpc) is 3.31. The van der Waals surface area contributed by atoms with Crippen LogP contribution in [0.15, 0.2) is 69.7 Å². The lowest BCUT2D eigenvalue weighted by Gasteiger charge is -2.08. The van der Waals surface area contributed by atoms with E-state index in [9.17, 15) is 0 Å². The third-order valence-corrected chi connectivity index (χ3v) is 5.71. The Balaban J connectivity index is 0.000000751. The number of unbranched alkanes of at least 4 members (excludes halogenated alkanes) is 1. The van der Waals surface area contributed by atoms with E-state index >= 15 is 0 Å². The summed E-state index contributed by atoms with van der Waals surface area (Å²) in [6.45, 7) is 6.39. The molecule has 34 heavy (non-hydrogen) atoms. The van der Waals surface area contributed by atoms with Crippen LogP contribution in [0.4, 0.5) is 0 Å². The van der Waals surface area contributed by atoms with Crippen LogP contribution < -0.4 is 10.5 Å². The summed E-state index contributed by atoms with van der Waals surface area (Å²) in [5.41, 5.74) is 6.78. The van der Waals surface area contributed by atoms with E-state index in [1.54, 1.807) is 0 Å². The molecule has 178 valence electrons. The van der Waals surface area contributed by atoms with Crippen LogP contribution in [0.1, 0.15) is 57.4 Å². The van der Waals surface area contributed by atoms with Gasteiger partial charge in [0, 0.05) is 16.0 Å². The normalized spacial score (nSPS) is 11.5. The Labute approximate surface area is 209 Å². The van der Waals surface area contributed by atoms with Gasteiger partial charge in [0.2, 0.25) is 11.7 Å². The van der Waals surface area contributed by atoms with Crippen LogP contribution in [0.25, 0.3) is 22.2 Å². The standard InChI is InChI=1S/C25H25BrN2O2.C2H6N2/c1-3-4-6-17(2)25-27-24(28-30-25)21-10-9-20-15-23(12-11-19(20)14-21)29-16-18-7-5-8-22(26)13-18;1-2(3)4/h5,7-15,17H,3-4,6,16H2,1-2H3;1H3,(H3,3,4)/t17-;/m0./s1. The number of nitrogens with one attached hydrogen (secondary N) is 1. The summed E-state index contributed by atoms with van der Waals surface area (Å²) in [6.07, 6.45) is 3.41. The summed E-state index contributed by atoms with van der Waals surface area (Å²) >= 11 is 3.49. The molecule has 0 unspecified atom stereocenters. The molecule has 4 aromatic rings. The highest BCUT2D eigenvalue weighted by molar-refractivity contribution is 9.10. The Hall–Kier alpha value is -3.19. The van der Waals surface area contributed by atoms with E-state index in [0.29, 0.717) is 12.4 Å². The lowest BCUT2D eigenvalue weighted by molar-refractivity contribution is 0.306. The predicted octanol–water partition coefficient (Wildman–Crippen LogP) is 7.47. The molecule has 0 saturated heterocycles. The lowest BCUT2D eigenvalue weighted by atomic mass is 10.0. The van der Waals surface area contributed by atoms with Gasteiger partial charge in [0.05, 0.1) is 5.84 Å². The summed E-state index contributed by atoms with van der Waals surface area (Å²) in [4.78, 5) is 4.62. The first kappa shape index (κ1) is 25.4. The first-order valence-corrected chi connectivity index (χ1v) is 12.2. The van der Waals surface area contributed by atoms with Gasteiger partial charge in [-0.2, -0.15) is 4.98 Å². The zero-order chi connectivity index (χ0) is 24.5. The number of halogens is 1. The zero-order valence-corrected chi connectivity index (χ0v) is 21.4. The van der Waals surface area contributed by atoms with Crippen LogP contribution in [-0.2, 0) is 6.61 Å². The highest BCUT2D eigenvalue weighted by Gasteiger charge is 2.15. The molecule has 0 fully saturated rings. The summed E-state index contributed by atoms with van der Waals surface area (Å²) < 4.78 is 12.5. The number of hydrogen-bond acceptors (Lipinski definition) is 5. The first-order chi connectivity index (χ1) is 16.4. The van der Waals surface area contributed by atoms with Crippen molar-refractivity contribution in [3.63, 3.8) is 0 Å². The number of nitrogens with two attached hydrogens (primary N) is 1. The second-order valence-corrected chi connectivity index (χ2v) is 9.24. The van der Waals surface area contributed by atoms with Gasteiger partial charge in [0.15, 0.2) is 0 Å². The van der Waals surface area contributed by atoms with Crippen LogP contribution in [-0.4, -0.2) is 16.0 Å². The Kier molecular flexibility index (Phi) is 9.22. The van der Waals surface area contributed by atoms with E-state index in [-0.39, 0.29) is 11.8 Å². The maximum atomic E-state index is 6.28. The minimum absolute atomic E-state index is 0.167. The molecule has 0 aliphatic rings. The average molecular weight is 523 g/mol. The Morgan fingerprint density at radius 1 is 1.12 bits per heavy atom. The fraction of sp³-hybridized carbons (Fsp3) is 0.296. The quantitative estimate of drug-likeness (QED) is 0.184. The van der Waals surface area contributed by atoms with Crippen LogP contribution in [0.5, 0.6) is 5.75 Å². The van der Waals surface area contributed by atoms with Crippen LogP contribution in [0, 0.1) is 5.41 Å². The van der Waals surface area contributed by atoms with E-state index < -0.39 is 0 Å². The largest absolute Gasteiger partial charge is 0.489 e. The smallest absolute Gasteiger partial charge is 0.229 e. The van der Waals surface area contributed by atoms with Gasteiger partial charge < -0.3 is 15.0 Å². The van der Waals surface area contributed by atoms with E-state index in [4.69, 9.17) is 20.4 Å². The molecule has 1 aromatic heterocycles. The number of rotatable bonds is 8. The number of ether oxygens (including phenoxy) is 1. The minimum Gasteiger partial charge on any atom is -0.489 e. The summed E-state index contributed by atoms with van der Waals surface area (Å²) in [7, 11) is 0. The summed E-state index contributed by atoms with van der Waals surface area (Å²) in [5.74, 6) is 2.67. The molecule has 0 radical (unpaired) electrons. The van der Waals surface area contributed by atoms with Crippen molar-refractivity contribution >= 4 is 32.5 Å². The first-order valence-electron chi connectivity index (χ1n) is 11.4. The molecule has 0 bridgehead atoms. The molecule has 0 aliphatic carbocycles. The summed E-state index contributed by atoms with van der Waals surface area (Å²) in [5, 5.41) is 12.7. The van der Waals surface area contributed by atoms with Gasteiger partial charge in [0.1, 0.15) is 12.4 Å². The fourth-order valence-corrected chi connectivity index (χ4v) is 3.88. The van der Waals surface area contributed by atoms with Crippen molar-refractivity contribution in [2.45, 2.75) is 52.6 Å². The van der Waals surface area contributed by atoms with Gasteiger partial charge >= 0.3 is 0 Å². The third kappa shape index (κ3) is 7.42. The fourth-order valence-electron chi connectivity index (χ4n) is 3.43. The molecule has 4 rings (SSSR count). The Morgan fingerprint density at radius 3 is 2.59 bits per heavy atom. The number of aromatic nitrogens is 2. The van der Waals surface area contributed by atoms with Gasteiger partial charge in [-0.25, -0.2) is 0 Å². The molecule has 7 heteroatoms. The predicted molar refractivity (Wildman–Crippen MR) is 141 cm³/mol. The van der Waals surface area contributed by atoms with Crippen LogP contribution in [0.3, 0.4) is 0 Å². The van der Waals surface area contributed by atoms with Gasteiger partial charge in [-0.05, 0) is 60.0 Å². The Morgan fingerprint density at radius 2 is 1.85 bits per heavy atom. The molecule has 0 aliphatic heterocycles. The van der Waals surface area contributed by atoms with Crippen molar-refractivity contribution in [3.05, 3.63) is 76.6 Å². The van der Waals surface area contributed by atoms with Gasteiger partial charge in [-0.15, -0.1) is 0 Å². The van der Waals surface area contributed by atoms with E-state index in [0.717, 1.165) is 44.4 Å². The van der Waals surface area contributed by atoms with Crippen LogP contribution in [0.2, 0.25) is 0 Å². The second-order valence-electron chi connectivity index (χ2n) is 8.32. The minimum atomic E-state index is 0.167. The molecule has 1 atom stereocenters. The number of hydrogen-bond donors (Lipinski definition) is 2. The van der Waals surface area contributed by atoms with E-state index in [2.05, 4.69) is 76.3 Å². The van der Waals surface area contributed by atoms with Gasteiger partial charge in [-0.1, -0.05) is 78.1 Å². The molecular weight excluding hydrogens is 492 g/mol. The molecule has 1 heterocycles. The number of fused-ring (bicyclic) bond motifs is 1. The highest BCUT2D eigenvalue weighted by Crippen LogP contribution is 2.28. The highest BCUT2D eigenvalue weighted by atomic mass is 79.9. The summed E-state index contributed by atoms with van der Waals surface area (Å²) in [6, 6.07) is 20.5. The number of benzene rings is 3. The van der Waals surface area contributed by atoms with E-state index in [1.165, 1.54) is 19.8 Å². The molecule has 0 amide bonds. The van der Waals surface area contributed by atoms with Crippen molar-refractivity contribution in [3.8, 4) is 17.1 Å². The molecule has 3 N–H and O–H groups in total. The van der Waals surface area contributed by atoms with Crippen molar-refractivity contribution in [1.29, 1.82) is 5.41 Å². The van der Waals surface area contributed by atoms with Crippen molar-refractivity contribution in [2.75, 3.05) is 0 Å². The van der Waals surface area contributed by atoms with Crippen molar-refractivity contribution in [1.82, 2.24) is 10.1 Å². The molecule has 0 spiro atoms. The third-order valence-electron chi connectivity index (χ3n) is 5.22. The van der Waals surface area contributed by atoms with Crippen molar-refractivity contribution < 1.29 is 9.26 Å². The molecule has 0 saturated carbocycles. The monoisotopic (exact) mass is 522 g/mol. The van der Waals surface area contributed by atoms with Crippen LogP contribution >= 0.6 is 15.9 Å².